The summed E-state index contributed by atoms with van der Waals surface area (Å²) in [4.78, 5) is 11.7. The Morgan fingerprint density at radius 2 is 2.19 bits per heavy atom. The molecule has 0 radical (unpaired) electrons. The van der Waals surface area contributed by atoms with E-state index < -0.39 is 0 Å². The van der Waals surface area contributed by atoms with E-state index in [1.54, 1.807) is 0 Å². The van der Waals surface area contributed by atoms with Crippen LogP contribution in [0.5, 0.6) is 5.75 Å². The number of aromatic nitrogens is 2. The van der Waals surface area contributed by atoms with Gasteiger partial charge in [-0.05, 0) is 31.9 Å². The first-order valence-corrected chi connectivity index (χ1v) is 7.51. The van der Waals surface area contributed by atoms with E-state index in [1.165, 1.54) is 0 Å². The van der Waals surface area contributed by atoms with Crippen molar-refractivity contribution in [1.29, 1.82) is 0 Å². The van der Waals surface area contributed by atoms with Gasteiger partial charge < -0.3 is 4.74 Å². The molecule has 21 heavy (non-hydrogen) atoms. The minimum Gasteiger partial charge on any atom is -0.487 e. The van der Waals surface area contributed by atoms with Gasteiger partial charge in [0.25, 0.3) is 0 Å². The second-order valence-electron chi connectivity index (χ2n) is 5.54. The molecule has 1 atom stereocenters. The predicted molar refractivity (Wildman–Crippen MR) is 80.7 cm³/mol. The van der Waals surface area contributed by atoms with E-state index in [1.807, 2.05) is 35.1 Å². The van der Waals surface area contributed by atoms with E-state index >= 15 is 0 Å². The van der Waals surface area contributed by atoms with Crippen molar-refractivity contribution in [2.45, 2.75) is 45.8 Å². The lowest BCUT2D eigenvalue weighted by atomic mass is 10.1. The highest BCUT2D eigenvalue weighted by atomic mass is 16.5. The van der Waals surface area contributed by atoms with Crippen LogP contribution < -0.4 is 4.74 Å². The molecule has 1 unspecified atom stereocenters. The van der Waals surface area contributed by atoms with Crippen LogP contribution in [0.4, 0.5) is 0 Å². The van der Waals surface area contributed by atoms with Crippen molar-refractivity contribution in [2.75, 3.05) is 0 Å². The number of ketones is 1. The summed E-state index contributed by atoms with van der Waals surface area (Å²) < 4.78 is 7.85. The van der Waals surface area contributed by atoms with Crippen molar-refractivity contribution < 1.29 is 9.53 Å². The van der Waals surface area contributed by atoms with Crippen molar-refractivity contribution in [3.05, 3.63) is 47.3 Å². The third-order valence-electron chi connectivity index (χ3n) is 4.12. The fourth-order valence-electron chi connectivity index (χ4n) is 2.63. The topological polar surface area (TPSA) is 44.1 Å². The molecule has 0 spiro atoms. The van der Waals surface area contributed by atoms with Gasteiger partial charge in [0.1, 0.15) is 12.4 Å². The number of hydrogen-bond donors (Lipinski definition) is 0. The number of carbonyl (C=O) groups is 1. The Morgan fingerprint density at radius 3 is 3.00 bits per heavy atom. The first-order chi connectivity index (χ1) is 10.2. The molecule has 2 aromatic rings. The number of Topliss-reactive ketones (excluding diaryl/α,β-unsaturated/α-hetero) is 1. The summed E-state index contributed by atoms with van der Waals surface area (Å²) in [5.41, 5.74) is 2.78. The molecule has 0 aliphatic heterocycles. The molecule has 1 heterocycles. The zero-order valence-electron chi connectivity index (χ0n) is 12.5. The maximum atomic E-state index is 11.7. The summed E-state index contributed by atoms with van der Waals surface area (Å²) in [6.45, 7) is 4.73. The zero-order valence-corrected chi connectivity index (χ0v) is 12.5. The van der Waals surface area contributed by atoms with Crippen LogP contribution >= 0.6 is 0 Å². The Kier molecular flexibility index (Phi) is 3.78. The van der Waals surface area contributed by atoms with Crippen LogP contribution in [-0.2, 0) is 13.0 Å². The second kappa shape index (κ2) is 5.72. The van der Waals surface area contributed by atoms with Crippen molar-refractivity contribution >= 4 is 5.78 Å². The summed E-state index contributed by atoms with van der Waals surface area (Å²) in [5, 5.41) is 4.53. The van der Waals surface area contributed by atoms with Crippen LogP contribution in [0, 0.1) is 0 Å². The lowest BCUT2D eigenvalue weighted by molar-refractivity contribution is 0.0994. The Hall–Kier alpha value is -2.10. The Bertz CT molecular complexity index is 661. The van der Waals surface area contributed by atoms with Crippen molar-refractivity contribution in [3.8, 4) is 5.75 Å². The zero-order chi connectivity index (χ0) is 14.8. The number of carbonyl (C=O) groups excluding carboxylic acids is 1. The normalized spacial score (nSPS) is 15.0. The molecule has 0 saturated heterocycles. The molecule has 1 aliphatic rings. The van der Waals surface area contributed by atoms with Gasteiger partial charge in [0, 0.05) is 29.8 Å². The number of nitrogens with zero attached hydrogens (tertiary/aromatic N) is 2. The molecule has 4 heteroatoms. The molecule has 0 amide bonds. The van der Waals surface area contributed by atoms with Crippen molar-refractivity contribution in [2.24, 2.45) is 0 Å². The van der Waals surface area contributed by atoms with Crippen LogP contribution in [0.3, 0.4) is 0 Å². The molecule has 3 rings (SSSR count). The molecule has 0 fully saturated rings. The number of rotatable bonds is 5. The standard InChI is InChI=1S/C17H20N2O2/c1-3-12(2)19-10-9-13(18-19)11-21-17-6-4-5-14-15(17)7-8-16(14)20/h4-6,9-10,12H,3,7-8,11H2,1-2H3. The van der Waals surface area contributed by atoms with E-state index in [0.717, 1.165) is 35.4 Å². The molecule has 4 nitrogen and oxygen atoms in total. The fourth-order valence-corrected chi connectivity index (χ4v) is 2.63. The highest BCUT2D eigenvalue weighted by Gasteiger charge is 2.22. The molecular weight excluding hydrogens is 264 g/mol. The molecule has 110 valence electrons. The highest BCUT2D eigenvalue weighted by Crippen LogP contribution is 2.30. The van der Waals surface area contributed by atoms with Gasteiger partial charge in [0.05, 0.1) is 5.69 Å². The summed E-state index contributed by atoms with van der Waals surface area (Å²) in [6.07, 6.45) is 4.42. The number of benzene rings is 1. The second-order valence-corrected chi connectivity index (χ2v) is 5.54. The van der Waals surface area contributed by atoms with E-state index in [9.17, 15) is 4.79 Å². The minimum absolute atomic E-state index is 0.219. The maximum Gasteiger partial charge on any atom is 0.163 e. The third kappa shape index (κ3) is 2.71. The molecule has 0 N–H and O–H groups in total. The molecule has 0 saturated carbocycles. The van der Waals surface area contributed by atoms with E-state index in [-0.39, 0.29) is 5.78 Å². The number of hydrogen-bond acceptors (Lipinski definition) is 3. The van der Waals surface area contributed by atoms with E-state index in [4.69, 9.17) is 4.74 Å². The summed E-state index contributed by atoms with van der Waals surface area (Å²) in [6, 6.07) is 8.09. The quantitative estimate of drug-likeness (QED) is 0.843. The first kappa shape index (κ1) is 13.9. The van der Waals surface area contributed by atoms with Crippen molar-refractivity contribution in [1.82, 2.24) is 9.78 Å². The average Bonchev–Trinajstić information content (AvgIpc) is 3.12. The van der Waals surface area contributed by atoms with E-state index in [2.05, 4.69) is 18.9 Å². The van der Waals surface area contributed by atoms with Gasteiger partial charge in [-0.3, -0.25) is 9.48 Å². The Labute approximate surface area is 124 Å². The number of fused-ring (bicyclic) bond motifs is 1. The lowest BCUT2D eigenvalue weighted by Crippen LogP contribution is -2.06. The predicted octanol–water partition coefficient (Wildman–Crippen LogP) is 3.56. The molecular formula is C17H20N2O2. The van der Waals surface area contributed by atoms with Crippen molar-refractivity contribution in [3.63, 3.8) is 0 Å². The number of ether oxygens (including phenoxy) is 1. The largest absolute Gasteiger partial charge is 0.487 e. The molecule has 1 aromatic heterocycles. The minimum atomic E-state index is 0.219. The maximum absolute atomic E-state index is 11.7. The van der Waals surface area contributed by atoms with Gasteiger partial charge >= 0.3 is 0 Å². The van der Waals surface area contributed by atoms with Crippen LogP contribution in [0.25, 0.3) is 0 Å². The Morgan fingerprint density at radius 1 is 1.33 bits per heavy atom. The van der Waals surface area contributed by atoms with Crippen LogP contribution in [0.15, 0.2) is 30.5 Å². The molecule has 1 aromatic carbocycles. The fraction of sp³-hybridized carbons (Fsp3) is 0.412. The molecule has 1 aliphatic carbocycles. The average molecular weight is 284 g/mol. The SMILES string of the molecule is CCC(C)n1ccc(COc2cccc3c2CCC3=O)n1. The van der Waals surface area contributed by atoms with E-state index in [0.29, 0.717) is 19.1 Å². The van der Waals surface area contributed by atoms with Gasteiger partial charge in [0.2, 0.25) is 0 Å². The summed E-state index contributed by atoms with van der Waals surface area (Å²) >= 11 is 0. The van der Waals surface area contributed by atoms with Crippen LogP contribution in [0.2, 0.25) is 0 Å². The third-order valence-corrected chi connectivity index (χ3v) is 4.12. The van der Waals surface area contributed by atoms with Gasteiger partial charge in [-0.1, -0.05) is 19.1 Å². The Balaban J connectivity index is 1.71. The lowest BCUT2D eigenvalue weighted by Gasteiger charge is -2.10. The molecule has 0 bridgehead atoms. The first-order valence-electron chi connectivity index (χ1n) is 7.51. The van der Waals surface area contributed by atoms with Gasteiger partial charge in [0.15, 0.2) is 5.78 Å². The van der Waals surface area contributed by atoms with Crippen LogP contribution in [-0.4, -0.2) is 15.6 Å². The van der Waals surface area contributed by atoms with Crippen LogP contribution in [0.1, 0.15) is 54.3 Å². The monoisotopic (exact) mass is 284 g/mol. The smallest absolute Gasteiger partial charge is 0.163 e. The van der Waals surface area contributed by atoms with Gasteiger partial charge in [-0.15, -0.1) is 0 Å². The highest BCUT2D eigenvalue weighted by molar-refractivity contribution is 6.01. The van der Waals surface area contributed by atoms with Gasteiger partial charge in [-0.2, -0.15) is 5.10 Å². The summed E-state index contributed by atoms with van der Waals surface area (Å²) in [5.74, 6) is 1.04. The van der Waals surface area contributed by atoms with Gasteiger partial charge in [-0.25, -0.2) is 0 Å². The summed E-state index contributed by atoms with van der Waals surface area (Å²) in [7, 11) is 0.